The van der Waals surface area contributed by atoms with Crippen molar-refractivity contribution in [2.45, 2.75) is 38.6 Å². The van der Waals surface area contributed by atoms with Crippen molar-refractivity contribution in [3.05, 3.63) is 65.5 Å². The van der Waals surface area contributed by atoms with Gasteiger partial charge in [-0.05, 0) is 37.5 Å². The van der Waals surface area contributed by atoms with Crippen LogP contribution in [0.4, 0.5) is 4.79 Å². The van der Waals surface area contributed by atoms with Gasteiger partial charge in [0, 0.05) is 13.1 Å². The number of aromatic amines is 1. The molecule has 0 saturated carbocycles. The van der Waals surface area contributed by atoms with E-state index in [0.717, 1.165) is 23.9 Å². The first kappa shape index (κ1) is 20.9. The zero-order chi connectivity index (χ0) is 21.8. The average Bonchev–Trinajstić information content (AvgIpc) is 3.23. The number of aromatic nitrogens is 2. The predicted octanol–water partition coefficient (Wildman–Crippen LogP) is 3.54. The van der Waals surface area contributed by atoms with E-state index in [2.05, 4.69) is 9.97 Å². The number of imidazole rings is 1. The van der Waals surface area contributed by atoms with Crippen LogP contribution in [-0.2, 0) is 16.1 Å². The number of H-pyrrole nitrogens is 1. The van der Waals surface area contributed by atoms with E-state index in [9.17, 15) is 9.59 Å². The largest absolute Gasteiger partial charge is 0.445 e. The molecule has 1 aliphatic heterocycles. The SMILES string of the molecule is CC(OC1CCN(C(=O)OCc2ccccc2)CC1)c1nc2c(C(N)=O)cccc2[nH]1. The van der Waals surface area contributed by atoms with Gasteiger partial charge in [-0.3, -0.25) is 4.79 Å². The normalized spacial score (nSPS) is 15.7. The molecule has 1 aromatic heterocycles. The van der Waals surface area contributed by atoms with E-state index in [-0.39, 0.29) is 24.9 Å². The predicted molar refractivity (Wildman–Crippen MR) is 115 cm³/mol. The summed E-state index contributed by atoms with van der Waals surface area (Å²) in [5, 5.41) is 0. The second-order valence-electron chi connectivity index (χ2n) is 7.69. The number of carbonyl (C=O) groups excluding carboxylic acids is 2. The second kappa shape index (κ2) is 9.18. The van der Waals surface area contributed by atoms with Crippen LogP contribution in [0, 0.1) is 0 Å². The van der Waals surface area contributed by atoms with Crippen molar-refractivity contribution in [3.63, 3.8) is 0 Å². The van der Waals surface area contributed by atoms with Gasteiger partial charge in [-0.2, -0.15) is 0 Å². The highest BCUT2D eigenvalue weighted by atomic mass is 16.6. The maximum atomic E-state index is 12.3. The molecule has 1 unspecified atom stereocenters. The van der Waals surface area contributed by atoms with E-state index in [1.54, 1.807) is 17.0 Å². The lowest BCUT2D eigenvalue weighted by atomic mass is 10.1. The van der Waals surface area contributed by atoms with Crippen molar-refractivity contribution >= 4 is 23.0 Å². The molecule has 0 aliphatic carbocycles. The van der Waals surface area contributed by atoms with E-state index >= 15 is 0 Å². The molecule has 1 atom stereocenters. The summed E-state index contributed by atoms with van der Waals surface area (Å²) < 4.78 is 11.6. The van der Waals surface area contributed by atoms with Gasteiger partial charge in [0.1, 0.15) is 24.1 Å². The monoisotopic (exact) mass is 422 g/mol. The smallest absolute Gasteiger partial charge is 0.410 e. The first-order valence-electron chi connectivity index (χ1n) is 10.4. The minimum atomic E-state index is -0.510. The minimum absolute atomic E-state index is 0.0111. The summed E-state index contributed by atoms with van der Waals surface area (Å²) in [6.07, 6.45) is 0.869. The molecule has 3 aromatic rings. The third-order valence-corrected chi connectivity index (χ3v) is 5.48. The number of amides is 2. The first-order valence-corrected chi connectivity index (χ1v) is 10.4. The summed E-state index contributed by atoms with van der Waals surface area (Å²) in [5.41, 5.74) is 8.09. The van der Waals surface area contributed by atoms with Crippen LogP contribution in [0.25, 0.3) is 11.0 Å². The van der Waals surface area contributed by atoms with Gasteiger partial charge in [-0.25, -0.2) is 9.78 Å². The van der Waals surface area contributed by atoms with Gasteiger partial charge in [0.05, 0.1) is 17.2 Å². The number of hydrogen-bond donors (Lipinski definition) is 2. The van der Waals surface area contributed by atoms with Gasteiger partial charge in [0.25, 0.3) is 5.91 Å². The molecule has 2 aromatic carbocycles. The molecule has 1 fully saturated rings. The molecule has 8 heteroatoms. The highest BCUT2D eigenvalue weighted by Gasteiger charge is 2.26. The Kier molecular flexibility index (Phi) is 6.18. The quantitative estimate of drug-likeness (QED) is 0.631. The van der Waals surface area contributed by atoms with E-state index in [0.29, 0.717) is 30.0 Å². The first-order chi connectivity index (χ1) is 15.0. The molecular formula is C23H26N4O4. The molecule has 0 radical (unpaired) electrons. The maximum Gasteiger partial charge on any atom is 0.410 e. The number of primary amides is 1. The summed E-state index contributed by atoms with van der Waals surface area (Å²) in [7, 11) is 0. The summed E-state index contributed by atoms with van der Waals surface area (Å²) >= 11 is 0. The highest BCUT2D eigenvalue weighted by molar-refractivity contribution is 6.04. The number of benzene rings is 2. The fraction of sp³-hybridized carbons (Fsp3) is 0.348. The molecule has 0 spiro atoms. The van der Waals surface area contributed by atoms with Crippen LogP contribution in [0.2, 0.25) is 0 Å². The number of fused-ring (bicyclic) bond motifs is 1. The van der Waals surface area contributed by atoms with Gasteiger partial charge in [0.2, 0.25) is 0 Å². The number of nitrogens with zero attached hydrogens (tertiary/aromatic N) is 2. The van der Waals surface area contributed by atoms with E-state index in [1.165, 1.54) is 0 Å². The summed E-state index contributed by atoms with van der Waals surface area (Å²) in [5.74, 6) is 0.136. The Hall–Kier alpha value is -3.39. The van der Waals surface area contributed by atoms with Gasteiger partial charge >= 0.3 is 6.09 Å². The second-order valence-corrected chi connectivity index (χ2v) is 7.69. The average molecular weight is 422 g/mol. The van der Waals surface area contributed by atoms with E-state index < -0.39 is 5.91 Å². The van der Waals surface area contributed by atoms with Crippen molar-refractivity contribution < 1.29 is 19.1 Å². The molecule has 162 valence electrons. The fourth-order valence-corrected chi connectivity index (χ4v) is 3.78. The summed E-state index contributed by atoms with van der Waals surface area (Å²) in [6, 6.07) is 14.9. The topological polar surface area (TPSA) is 111 Å². The van der Waals surface area contributed by atoms with Crippen LogP contribution >= 0.6 is 0 Å². The number of nitrogens with two attached hydrogens (primary N) is 1. The lowest BCUT2D eigenvalue weighted by Gasteiger charge is -2.32. The highest BCUT2D eigenvalue weighted by Crippen LogP contribution is 2.25. The third kappa shape index (κ3) is 4.86. The van der Waals surface area contributed by atoms with Crippen LogP contribution in [0.5, 0.6) is 0 Å². The molecule has 8 nitrogen and oxygen atoms in total. The number of piperidine rings is 1. The zero-order valence-corrected chi connectivity index (χ0v) is 17.4. The third-order valence-electron chi connectivity index (χ3n) is 5.48. The Labute approximate surface area is 180 Å². The Bertz CT molecular complexity index is 1060. The number of rotatable bonds is 6. The van der Waals surface area contributed by atoms with E-state index in [1.807, 2.05) is 43.3 Å². The summed E-state index contributed by atoms with van der Waals surface area (Å²) in [6.45, 7) is 3.35. The molecule has 2 amide bonds. The Balaban J connectivity index is 1.29. The molecule has 31 heavy (non-hydrogen) atoms. The lowest BCUT2D eigenvalue weighted by molar-refractivity contribution is -0.0383. The Morgan fingerprint density at radius 3 is 2.61 bits per heavy atom. The maximum absolute atomic E-state index is 12.3. The van der Waals surface area contributed by atoms with Crippen molar-refractivity contribution in [3.8, 4) is 0 Å². The minimum Gasteiger partial charge on any atom is -0.445 e. The lowest BCUT2D eigenvalue weighted by Crippen LogP contribution is -2.41. The molecule has 3 N–H and O–H groups in total. The molecule has 0 bridgehead atoms. The number of ether oxygens (including phenoxy) is 2. The van der Waals surface area contributed by atoms with Crippen LogP contribution in [0.15, 0.2) is 48.5 Å². The Morgan fingerprint density at radius 1 is 1.16 bits per heavy atom. The summed E-state index contributed by atoms with van der Waals surface area (Å²) in [4.78, 5) is 33.4. The fourth-order valence-electron chi connectivity index (χ4n) is 3.78. The van der Waals surface area contributed by atoms with Gasteiger partial charge in [0.15, 0.2) is 0 Å². The van der Waals surface area contributed by atoms with Crippen LogP contribution in [-0.4, -0.2) is 46.1 Å². The zero-order valence-electron chi connectivity index (χ0n) is 17.4. The molecular weight excluding hydrogens is 396 g/mol. The number of nitrogens with one attached hydrogen (secondary N) is 1. The van der Waals surface area contributed by atoms with Gasteiger partial charge in [-0.15, -0.1) is 0 Å². The van der Waals surface area contributed by atoms with Crippen LogP contribution in [0.3, 0.4) is 0 Å². The molecule has 1 saturated heterocycles. The standard InChI is InChI=1S/C23H26N4O4/c1-15(22-25-19-9-5-8-18(21(24)28)20(19)26-22)31-17-10-12-27(13-11-17)23(29)30-14-16-6-3-2-4-7-16/h2-9,15,17H,10-14H2,1H3,(H2,24,28)(H,25,26). The van der Waals surface area contributed by atoms with Crippen molar-refractivity contribution in [2.75, 3.05) is 13.1 Å². The van der Waals surface area contributed by atoms with Gasteiger partial charge < -0.3 is 25.1 Å². The molecule has 4 rings (SSSR count). The molecule has 2 heterocycles. The van der Waals surface area contributed by atoms with Crippen LogP contribution in [0.1, 0.15) is 47.6 Å². The number of hydrogen-bond acceptors (Lipinski definition) is 5. The van der Waals surface area contributed by atoms with E-state index in [4.69, 9.17) is 15.2 Å². The number of para-hydroxylation sites is 1. The van der Waals surface area contributed by atoms with Crippen molar-refractivity contribution in [1.82, 2.24) is 14.9 Å². The number of likely N-dealkylation sites (tertiary alicyclic amines) is 1. The van der Waals surface area contributed by atoms with Gasteiger partial charge in [-0.1, -0.05) is 36.4 Å². The number of carbonyl (C=O) groups is 2. The Morgan fingerprint density at radius 2 is 1.90 bits per heavy atom. The van der Waals surface area contributed by atoms with Crippen LogP contribution < -0.4 is 5.73 Å². The van der Waals surface area contributed by atoms with Crippen molar-refractivity contribution in [2.24, 2.45) is 5.73 Å². The van der Waals surface area contributed by atoms with Crippen molar-refractivity contribution in [1.29, 1.82) is 0 Å². The molecule has 1 aliphatic rings.